The van der Waals surface area contributed by atoms with Crippen LogP contribution in [0, 0.1) is 20.8 Å². The molecule has 0 bridgehead atoms. The Bertz CT molecular complexity index is 578. The Morgan fingerprint density at radius 1 is 1.32 bits per heavy atom. The van der Waals surface area contributed by atoms with Gasteiger partial charge in [-0.1, -0.05) is 0 Å². The average Bonchev–Trinajstić information content (AvgIpc) is 3.03. The maximum Gasteiger partial charge on any atom is 0.126 e. The van der Waals surface area contributed by atoms with Gasteiger partial charge in [0.25, 0.3) is 0 Å². The number of rotatable bonds is 5. The number of nitrogens with one attached hydrogen (secondary N) is 1. The van der Waals surface area contributed by atoms with Gasteiger partial charge in [0, 0.05) is 11.7 Å². The molecule has 4 nitrogen and oxygen atoms in total. The topological polar surface area (TPSA) is 43.0 Å². The highest BCUT2D eigenvalue weighted by Crippen LogP contribution is 2.21. The standard InChI is InChI=1S/C15H21N3O/c1-10-6-14(9-18-12(3)7-11(2)17-18)19-15(10)8-16-13-4-5-13/h6-7,13,16H,4-5,8-9H2,1-3H3. The summed E-state index contributed by atoms with van der Waals surface area (Å²) in [7, 11) is 0. The van der Waals surface area contributed by atoms with Crippen LogP contribution in [0.1, 0.15) is 41.3 Å². The number of aromatic nitrogens is 2. The van der Waals surface area contributed by atoms with Crippen molar-refractivity contribution in [3.8, 4) is 0 Å². The molecule has 1 aliphatic carbocycles. The molecule has 3 rings (SSSR count). The van der Waals surface area contributed by atoms with Crippen LogP contribution < -0.4 is 5.32 Å². The van der Waals surface area contributed by atoms with E-state index in [1.807, 2.05) is 11.6 Å². The van der Waals surface area contributed by atoms with Gasteiger partial charge < -0.3 is 9.73 Å². The van der Waals surface area contributed by atoms with E-state index in [4.69, 9.17) is 4.42 Å². The third-order valence-corrected chi connectivity index (χ3v) is 3.61. The molecule has 2 heterocycles. The zero-order valence-corrected chi connectivity index (χ0v) is 11.9. The molecule has 1 fully saturated rings. The van der Waals surface area contributed by atoms with E-state index in [0.717, 1.165) is 23.8 Å². The maximum atomic E-state index is 5.94. The van der Waals surface area contributed by atoms with Gasteiger partial charge in [-0.25, -0.2) is 0 Å². The highest BCUT2D eigenvalue weighted by atomic mass is 16.3. The number of aryl methyl sites for hydroxylation is 3. The van der Waals surface area contributed by atoms with Gasteiger partial charge in [-0.2, -0.15) is 5.10 Å². The molecule has 0 radical (unpaired) electrons. The zero-order valence-electron chi connectivity index (χ0n) is 11.9. The van der Waals surface area contributed by atoms with Crippen LogP contribution in [-0.4, -0.2) is 15.8 Å². The van der Waals surface area contributed by atoms with Crippen LogP contribution in [0.15, 0.2) is 16.5 Å². The molecule has 0 unspecified atom stereocenters. The summed E-state index contributed by atoms with van der Waals surface area (Å²) in [4.78, 5) is 0. The van der Waals surface area contributed by atoms with E-state index in [1.165, 1.54) is 24.1 Å². The van der Waals surface area contributed by atoms with Crippen molar-refractivity contribution in [3.63, 3.8) is 0 Å². The molecule has 0 saturated heterocycles. The third kappa shape index (κ3) is 2.89. The first kappa shape index (κ1) is 12.5. The van der Waals surface area contributed by atoms with Gasteiger partial charge in [-0.05, 0) is 51.3 Å². The summed E-state index contributed by atoms with van der Waals surface area (Å²) in [5.74, 6) is 2.04. The summed E-state index contributed by atoms with van der Waals surface area (Å²) in [6, 6.07) is 4.93. The molecule has 0 atom stereocenters. The smallest absolute Gasteiger partial charge is 0.126 e. The van der Waals surface area contributed by atoms with E-state index in [1.54, 1.807) is 0 Å². The minimum absolute atomic E-state index is 0.712. The predicted octanol–water partition coefficient (Wildman–Crippen LogP) is 2.70. The Hall–Kier alpha value is -1.55. The third-order valence-electron chi connectivity index (χ3n) is 3.61. The van der Waals surface area contributed by atoms with Crippen LogP contribution in [0.3, 0.4) is 0 Å². The second-order valence-corrected chi connectivity index (χ2v) is 5.56. The minimum Gasteiger partial charge on any atom is -0.462 e. The van der Waals surface area contributed by atoms with E-state index in [-0.39, 0.29) is 0 Å². The molecule has 1 aliphatic rings. The number of furan rings is 1. The quantitative estimate of drug-likeness (QED) is 0.897. The number of hydrogen-bond acceptors (Lipinski definition) is 3. The van der Waals surface area contributed by atoms with Crippen LogP contribution in [-0.2, 0) is 13.1 Å². The fourth-order valence-electron chi connectivity index (χ4n) is 2.35. The SMILES string of the molecule is Cc1cc(C)n(Cc2cc(C)c(CNC3CC3)o2)n1. The second kappa shape index (κ2) is 4.85. The Kier molecular flexibility index (Phi) is 3.19. The zero-order chi connectivity index (χ0) is 13.4. The molecule has 0 spiro atoms. The van der Waals surface area contributed by atoms with Crippen LogP contribution in [0.4, 0.5) is 0 Å². The van der Waals surface area contributed by atoms with E-state index >= 15 is 0 Å². The first-order valence-electron chi connectivity index (χ1n) is 6.94. The fourth-order valence-corrected chi connectivity index (χ4v) is 2.35. The molecule has 19 heavy (non-hydrogen) atoms. The summed E-state index contributed by atoms with van der Waals surface area (Å²) < 4.78 is 7.93. The van der Waals surface area contributed by atoms with E-state index in [9.17, 15) is 0 Å². The van der Waals surface area contributed by atoms with Crippen molar-refractivity contribution in [3.05, 3.63) is 40.6 Å². The van der Waals surface area contributed by atoms with Crippen molar-refractivity contribution in [2.45, 2.75) is 52.7 Å². The molecule has 1 N–H and O–H groups in total. The highest BCUT2D eigenvalue weighted by molar-refractivity contribution is 5.21. The van der Waals surface area contributed by atoms with Gasteiger partial charge in [0.1, 0.15) is 11.5 Å². The lowest BCUT2D eigenvalue weighted by molar-refractivity contribution is 0.426. The average molecular weight is 259 g/mol. The molecular weight excluding hydrogens is 238 g/mol. The van der Waals surface area contributed by atoms with Crippen LogP contribution >= 0.6 is 0 Å². The van der Waals surface area contributed by atoms with Gasteiger partial charge in [0.15, 0.2) is 0 Å². The van der Waals surface area contributed by atoms with Crippen molar-refractivity contribution in [1.82, 2.24) is 15.1 Å². The predicted molar refractivity (Wildman–Crippen MR) is 74.1 cm³/mol. The first-order chi connectivity index (χ1) is 9.11. The Balaban J connectivity index is 1.70. The number of hydrogen-bond donors (Lipinski definition) is 1. The van der Waals surface area contributed by atoms with Crippen molar-refractivity contribution in [2.75, 3.05) is 0 Å². The lowest BCUT2D eigenvalue weighted by atomic mass is 10.2. The molecule has 4 heteroatoms. The van der Waals surface area contributed by atoms with Crippen LogP contribution in [0.2, 0.25) is 0 Å². The van der Waals surface area contributed by atoms with Crippen molar-refractivity contribution in [2.24, 2.45) is 0 Å². The molecule has 0 amide bonds. The van der Waals surface area contributed by atoms with Crippen molar-refractivity contribution >= 4 is 0 Å². The van der Waals surface area contributed by atoms with Crippen molar-refractivity contribution < 1.29 is 4.42 Å². The molecule has 1 saturated carbocycles. The molecule has 102 valence electrons. The summed E-state index contributed by atoms with van der Waals surface area (Å²) >= 11 is 0. The van der Waals surface area contributed by atoms with E-state index in [2.05, 4.69) is 36.4 Å². The normalized spacial score (nSPS) is 15.1. The summed E-state index contributed by atoms with van der Waals surface area (Å²) in [5, 5.41) is 7.96. The Labute approximate surface area is 113 Å². The molecule has 0 aromatic carbocycles. The highest BCUT2D eigenvalue weighted by Gasteiger charge is 2.21. The van der Waals surface area contributed by atoms with E-state index < -0.39 is 0 Å². The molecule has 2 aromatic heterocycles. The summed E-state index contributed by atoms with van der Waals surface area (Å²) in [5.41, 5.74) is 3.45. The maximum absolute atomic E-state index is 5.94. The summed E-state index contributed by atoms with van der Waals surface area (Å²) in [6.07, 6.45) is 2.61. The Morgan fingerprint density at radius 3 is 2.74 bits per heavy atom. The van der Waals surface area contributed by atoms with Gasteiger partial charge in [-0.15, -0.1) is 0 Å². The van der Waals surface area contributed by atoms with Crippen molar-refractivity contribution in [1.29, 1.82) is 0 Å². The molecule has 2 aromatic rings. The lowest BCUT2D eigenvalue weighted by Crippen LogP contribution is -2.15. The number of nitrogens with zero attached hydrogens (tertiary/aromatic N) is 2. The minimum atomic E-state index is 0.712. The van der Waals surface area contributed by atoms with Gasteiger partial charge in [0.05, 0.1) is 18.8 Å². The second-order valence-electron chi connectivity index (χ2n) is 5.56. The Morgan fingerprint density at radius 2 is 2.11 bits per heavy atom. The lowest BCUT2D eigenvalue weighted by Gasteiger charge is -2.02. The van der Waals surface area contributed by atoms with E-state index in [0.29, 0.717) is 12.6 Å². The fraction of sp³-hybridized carbons (Fsp3) is 0.533. The van der Waals surface area contributed by atoms with Gasteiger partial charge >= 0.3 is 0 Å². The van der Waals surface area contributed by atoms with Crippen LogP contribution in [0.5, 0.6) is 0 Å². The van der Waals surface area contributed by atoms with Gasteiger partial charge in [-0.3, -0.25) is 4.68 Å². The molecular formula is C15H21N3O. The first-order valence-corrected chi connectivity index (χ1v) is 6.94. The van der Waals surface area contributed by atoms with Crippen LogP contribution in [0.25, 0.3) is 0 Å². The summed E-state index contributed by atoms with van der Waals surface area (Å²) in [6.45, 7) is 7.75. The van der Waals surface area contributed by atoms with Gasteiger partial charge in [0.2, 0.25) is 0 Å². The largest absolute Gasteiger partial charge is 0.462 e. The monoisotopic (exact) mass is 259 g/mol. The molecule has 0 aliphatic heterocycles.